The van der Waals surface area contributed by atoms with E-state index >= 15 is 0 Å². The van der Waals surface area contributed by atoms with Gasteiger partial charge in [-0.25, -0.2) is 0 Å². The van der Waals surface area contributed by atoms with Gasteiger partial charge < -0.3 is 51.9 Å². The van der Waals surface area contributed by atoms with Crippen LogP contribution in [-0.2, 0) is 51.9 Å². The Balaban J connectivity index is 0.000000256. The molecule has 0 aromatic rings. The molecule has 22 heteroatoms. The lowest BCUT2D eigenvalue weighted by Crippen LogP contribution is -2.61. The van der Waals surface area contributed by atoms with E-state index in [1.54, 1.807) is 0 Å². The van der Waals surface area contributed by atoms with Crippen molar-refractivity contribution in [3.63, 3.8) is 0 Å². The highest BCUT2D eigenvalue weighted by Gasteiger charge is 2.54. The van der Waals surface area contributed by atoms with E-state index in [-0.39, 0.29) is 0 Å². The number of fused-ring (bicyclic) bond motifs is 4. The number of epoxide rings is 4. The standard InChI is InChI=1S/C33H66O7Si5.C9H30O4Si5.C8H12O/c1-41(2,3)37-43(7,8)39-44(9,19-16-25-10-13-28-31(22-25)34-28)40-45(38-42(4,5)6,20-17-26-11-14-29-32(23-26)35-29)21-18-27-12-15-30-33(24-27)36-30;1-15(10-14-11-16(2,3)4)12-18(8,9)13-17(5,6)7;1-2-6-3-4-7-8(5-6)9-7/h25-33H,10-24H2,1-9H3;15H,14H2,1-9H3;2,6-8H,1,3-5H2. The smallest absolute Gasteiger partial charge is 0.319 e. The SMILES string of the molecule is C=CC1CCC2OC2C1.C[SiH](O[SiH2]O[Si](C)(C)C)O[Si](C)(C)O[Si](C)(C)C.C[Si](C)(C)O[Si](C)(C)O[Si](C)(CCC1CCC2OC2C1)O[Si](CCC1CCC2OC2C1)(CCC1CCC2OC2C1)O[Si](C)(C)C. The molecule has 12 nitrogen and oxygen atoms in total. The van der Waals surface area contributed by atoms with Crippen molar-refractivity contribution in [1.82, 2.24) is 0 Å². The van der Waals surface area contributed by atoms with Gasteiger partial charge >= 0.3 is 34.2 Å². The third-order valence-electron chi connectivity index (χ3n) is 15.3. The van der Waals surface area contributed by atoms with Crippen molar-refractivity contribution in [2.75, 3.05) is 0 Å². The Hall–Kier alpha value is 1.43. The van der Waals surface area contributed by atoms with Gasteiger partial charge in [0.15, 0.2) is 33.3 Å². The number of hydrogen-bond acceptors (Lipinski definition) is 12. The van der Waals surface area contributed by atoms with Crippen molar-refractivity contribution in [3.8, 4) is 0 Å². The van der Waals surface area contributed by atoms with Crippen molar-refractivity contribution < 1.29 is 51.9 Å². The van der Waals surface area contributed by atoms with E-state index in [9.17, 15) is 0 Å². The zero-order valence-electron chi connectivity index (χ0n) is 49.1. The largest absolute Gasteiger partial charge is 0.441 e. The molecule has 8 rings (SSSR count). The summed E-state index contributed by atoms with van der Waals surface area (Å²) in [5.74, 6) is 2.92. The lowest BCUT2D eigenvalue weighted by atomic mass is 9.87. The van der Waals surface area contributed by atoms with E-state index in [4.69, 9.17) is 51.9 Å². The monoisotopic (exact) mass is 1180 g/mol. The number of ether oxygens (including phenoxy) is 4. The Morgan fingerprint density at radius 1 is 0.458 bits per heavy atom. The lowest BCUT2D eigenvalue weighted by Gasteiger charge is -2.46. The molecule has 0 spiro atoms. The molecule has 0 N–H and O–H groups in total. The van der Waals surface area contributed by atoms with Crippen molar-refractivity contribution >= 4 is 86.8 Å². The second-order valence-electron chi connectivity index (χ2n) is 28.2. The minimum Gasteiger partial charge on any atom is -0.441 e. The molecule has 8 aliphatic rings. The average Bonchev–Trinajstić information content (AvgIpc) is 4.02. The summed E-state index contributed by atoms with van der Waals surface area (Å²) < 4.78 is 76.7. The van der Waals surface area contributed by atoms with Crippen LogP contribution in [0.15, 0.2) is 12.7 Å². The molecule has 4 heterocycles. The quantitative estimate of drug-likeness (QED) is 0.0465. The minimum atomic E-state index is -2.67. The average molecular weight is 1180 g/mol. The number of hydrogen-bond donors (Lipinski definition) is 0. The molecule has 14 unspecified atom stereocenters. The second kappa shape index (κ2) is 25.5. The van der Waals surface area contributed by atoms with E-state index in [1.807, 2.05) is 0 Å². The lowest BCUT2D eigenvalue weighted by molar-refractivity contribution is 0.264. The maximum absolute atomic E-state index is 7.88. The Bertz CT molecular complexity index is 1680. The molecule has 0 bridgehead atoms. The summed E-state index contributed by atoms with van der Waals surface area (Å²) in [7, 11) is -18.9. The van der Waals surface area contributed by atoms with Crippen LogP contribution in [-0.4, -0.2) is 136 Å². The van der Waals surface area contributed by atoms with Gasteiger partial charge in [-0.3, -0.25) is 0 Å². The van der Waals surface area contributed by atoms with Gasteiger partial charge in [0, 0.05) is 0 Å². The van der Waals surface area contributed by atoms with Crippen molar-refractivity contribution in [1.29, 1.82) is 0 Å². The van der Waals surface area contributed by atoms with E-state index in [2.05, 4.69) is 131 Å². The van der Waals surface area contributed by atoms with E-state index in [0.29, 0.717) is 54.7 Å². The normalized spacial score (nSPS) is 34.3. The van der Waals surface area contributed by atoms with Gasteiger partial charge in [0.25, 0.3) is 19.3 Å². The number of rotatable bonds is 26. The topological polar surface area (TPSA) is 124 Å². The molecule has 0 amide bonds. The zero-order chi connectivity index (χ0) is 53.1. The van der Waals surface area contributed by atoms with Gasteiger partial charge in [-0.1, -0.05) is 6.08 Å². The van der Waals surface area contributed by atoms with E-state index in [0.717, 1.165) is 35.9 Å². The van der Waals surface area contributed by atoms with Gasteiger partial charge in [-0.2, -0.15) is 0 Å². The molecule has 4 saturated heterocycles. The minimum absolute atomic E-state index is 0.513. The van der Waals surface area contributed by atoms with Crippen LogP contribution in [0.3, 0.4) is 0 Å². The zero-order valence-corrected chi connectivity index (χ0v) is 59.7. The summed E-state index contributed by atoms with van der Waals surface area (Å²) in [4.78, 5) is 0. The molecule has 4 saturated carbocycles. The van der Waals surface area contributed by atoms with Crippen LogP contribution in [0, 0.1) is 23.7 Å². The van der Waals surface area contributed by atoms with Crippen LogP contribution in [0.4, 0.5) is 0 Å². The molecule has 0 radical (unpaired) electrons. The molecule has 72 heavy (non-hydrogen) atoms. The first-order chi connectivity index (χ1) is 33.2. The van der Waals surface area contributed by atoms with Crippen molar-refractivity contribution in [2.24, 2.45) is 23.7 Å². The first-order valence-corrected chi connectivity index (χ1v) is 56.1. The first-order valence-electron chi connectivity index (χ1n) is 28.9. The predicted octanol–water partition coefficient (Wildman–Crippen LogP) is 12.8. The Labute approximate surface area is 453 Å². The highest BCUT2D eigenvalue weighted by Crippen LogP contribution is 2.47. The molecule has 4 aliphatic carbocycles. The van der Waals surface area contributed by atoms with Crippen LogP contribution in [0.1, 0.15) is 96.3 Å². The summed E-state index contributed by atoms with van der Waals surface area (Å²) in [6, 6.07) is 3.23. The van der Waals surface area contributed by atoms with Gasteiger partial charge in [-0.05, 0) is 256 Å². The van der Waals surface area contributed by atoms with Gasteiger partial charge in [0.05, 0.1) is 48.8 Å². The molecular formula is C50H108O12Si10. The van der Waals surface area contributed by atoms with Gasteiger partial charge in [0.2, 0.25) is 0 Å². The van der Waals surface area contributed by atoms with Crippen LogP contribution in [0.5, 0.6) is 0 Å². The fraction of sp³-hybridized carbons (Fsp3) is 0.960. The fourth-order valence-electron chi connectivity index (χ4n) is 12.4. The molecule has 4 aliphatic heterocycles. The van der Waals surface area contributed by atoms with Crippen LogP contribution in [0.2, 0.25) is 136 Å². The summed E-state index contributed by atoms with van der Waals surface area (Å²) in [5.41, 5.74) is 0. The van der Waals surface area contributed by atoms with Crippen LogP contribution < -0.4 is 0 Å². The highest BCUT2D eigenvalue weighted by molar-refractivity contribution is 6.91. The summed E-state index contributed by atoms with van der Waals surface area (Å²) in [6.45, 7) is 44.2. The van der Waals surface area contributed by atoms with Gasteiger partial charge in [-0.15, -0.1) is 6.58 Å². The highest BCUT2D eigenvalue weighted by atomic mass is 28.5. The first kappa shape index (κ1) is 62.6. The van der Waals surface area contributed by atoms with Crippen molar-refractivity contribution in [2.45, 2.75) is 281 Å². The number of allylic oxidation sites excluding steroid dienone is 1. The van der Waals surface area contributed by atoms with Crippen LogP contribution in [0.25, 0.3) is 0 Å². The Kier molecular flexibility index (Phi) is 22.2. The van der Waals surface area contributed by atoms with Crippen LogP contribution >= 0.6 is 0 Å². The van der Waals surface area contributed by atoms with E-state index < -0.39 is 86.8 Å². The van der Waals surface area contributed by atoms with Gasteiger partial charge in [0.1, 0.15) is 0 Å². The summed E-state index contributed by atoms with van der Waals surface area (Å²) in [6.07, 6.45) is 25.2. The predicted molar refractivity (Wildman–Crippen MR) is 318 cm³/mol. The summed E-state index contributed by atoms with van der Waals surface area (Å²) in [5, 5.41) is 0. The third kappa shape index (κ3) is 23.3. The molecule has 420 valence electrons. The second-order valence-corrected chi connectivity index (χ2v) is 65.2. The maximum atomic E-state index is 7.88. The molecule has 0 aromatic carbocycles. The Morgan fingerprint density at radius 3 is 1.25 bits per heavy atom. The molecule has 0 aromatic heterocycles. The summed E-state index contributed by atoms with van der Waals surface area (Å²) >= 11 is 0. The molecule has 8 fully saturated rings. The molecular weight excluding hydrogens is 1070 g/mol. The Morgan fingerprint density at radius 2 is 0.861 bits per heavy atom. The maximum Gasteiger partial charge on any atom is 0.319 e. The third-order valence-corrected chi connectivity index (χ3v) is 48.2. The molecule has 14 atom stereocenters. The fourth-order valence-corrected chi connectivity index (χ4v) is 50.7. The van der Waals surface area contributed by atoms with Crippen molar-refractivity contribution in [3.05, 3.63) is 12.7 Å². The van der Waals surface area contributed by atoms with E-state index in [1.165, 1.54) is 96.3 Å².